The quantitative estimate of drug-likeness (QED) is 0.746. The number of nitrogens with one attached hydrogen (secondary N) is 3. The predicted molar refractivity (Wildman–Crippen MR) is 113 cm³/mol. The molecule has 5 rings (SSSR count). The first-order chi connectivity index (χ1) is 14.2. The molecule has 0 radical (unpaired) electrons. The minimum atomic E-state index is -0.276. The van der Waals surface area contributed by atoms with Crippen LogP contribution in [0.3, 0.4) is 0 Å². The Morgan fingerprint density at radius 3 is 2.52 bits per heavy atom. The van der Waals surface area contributed by atoms with Crippen LogP contribution in [0.4, 0.5) is 0 Å². The van der Waals surface area contributed by atoms with Crippen LogP contribution in [0.15, 0.2) is 53.6 Å². The van der Waals surface area contributed by atoms with Gasteiger partial charge in [0.15, 0.2) is 5.84 Å². The maximum absolute atomic E-state index is 6.53. The molecule has 7 nitrogen and oxygen atoms in total. The number of rotatable bonds is 3. The fourth-order valence-electron chi connectivity index (χ4n) is 4.28. The highest BCUT2D eigenvalue weighted by Crippen LogP contribution is 2.46. The van der Waals surface area contributed by atoms with Crippen molar-refractivity contribution < 1.29 is 9.47 Å². The standard InChI is InChI=1S/C22H25N5O2/c1-27-21(24-25-26-27)16-8-6-15(7-9-16)17-14-22(10-12-23-13-11-22)29-19-5-3-4-18(28-2)20(17)19/h3-9,14,23,25-26H,10-13H2,1-2H3. The summed E-state index contributed by atoms with van der Waals surface area (Å²) in [7, 11) is 3.63. The summed E-state index contributed by atoms with van der Waals surface area (Å²) in [6.45, 7) is 1.91. The Morgan fingerprint density at radius 2 is 1.83 bits per heavy atom. The van der Waals surface area contributed by atoms with E-state index < -0.39 is 0 Å². The van der Waals surface area contributed by atoms with E-state index in [0.717, 1.165) is 65.5 Å². The number of fused-ring (bicyclic) bond motifs is 1. The highest BCUT2D eigenvalue weighted by molar-refractivity contribution is 5.99. The van der Waals surface area contributed by atoms with Crippen LogP contribution in [0.2, 0.25) is 0 Å². The van der Waals surface area contributed by atoms with Gasteiger partial charge in [0, 0.05) is 25.5 Å². The fraction of sp³-hybridized carbons (Fsp3) is 0.318. The van der Waals surface area contributed by atoms with E-state index in [1.165, 1.54) is 0 Å². The molecule has 3 N–H and O–H groups in total. The number of methoxy groups -OCH3 is 1. The lowest BCUT2D eigenvalue weighted by molar-refractivity contribution is 0.0813. The number of piperidine rings is 1. The Hall–Kier alpha value is -3.03. The molecule has 0 atom stereocenters. The van der Waals surface area contributed by atoms with Gasteiger partial charge in [-0.15, -0.1) is 10.6 Å². The lowest BCUT2D eigenvalue weighted by atomic mass is 9.83. The average molecular weight is 391 g/mol. The molecule has 0 unspecified atom stereocenters. The van der Waals surface area contributed by atoms with Gasteiger partial charge in [-0.1, -0.05) is 30.3 Å². The second-order valence-corrected chi connectivity index (χ2v) is 7.60. The maximum Gasteiger partial charge on any atom is 0.172 e. The van der Waals surface area contributed by atoms with E-state index in [1.807, 2.05) is 30.3 Å². The highest BCUT2D eigenvalue weighted by Gasteiger charge is 2.38. The van der Waals surface area contributed by atoms with Crippen molar-refractivity contribution in [2.24, 2.45) is 5.10 Å². The lowest BCUT2D eigenvalue weighted by Crippen LogP contribution is -2.46. The molecular weight excluding hydrogens is 366 g/mol. The molecule has 7 heteroatoms. The van der Waals surface area contributed by atoms with Crippen LogP contribution in [0.5, 0.6) is 11.5 Å². The zero-order valence-corrected chi connectivity index (χ0v) is 16.7. The van der Waals surface area contributed by atoms with Gasteiger partial charge in [-0.3, -0.25) is 5.01 Å². The van der Waals surface area contributed by atoms with Gasteiger partial charge in [-0.25, -0.2) is 5.53 Å². The van der Waals surface area contributed by atoms with E-state index in [1.54, 1.807) is 7.11 Å². The molecule has 0 saturated carbocycles. The van der Waals surface area contributed by atoms with E-state index in [9.17, 15) is 0 Å². The van der Waals surface area contributed by atoms with Gasteiger partial charge in [0.1, 0.15) is 17.1 Å². The summed E-state index contributed by atoms with van der Waals surface area (Å²) in [6.07, 6.45) is 4.20. The summed E-state index contributed by atoms with van der Waals surface area (Å²) in [5.41, 5.74) is 9.81. The molecule has 2 aromatic rings. The van der Waals surface area contributed by atoms with Crippen molar-refractivity contribution in [3.05, 3.63) is 65.2 Å². The molecule has 0 bridgehead atoms. The third-order valence-corrected chi connectivity index (χ3v) is 5.80. The SMILES string of the molecule is COc1cccc2c1C(c1ccc(C3=NNNN3C)cc1)=CC1(CCNCC1)O2. The van der Waals surface area contributed by atoms with Crippen LogP contribution in [-0.2, 0) is 0 Å². The first kappa shape index (κ1) is 18.0. The molecule has 0 aliphatic carbocycles. The second kappa shape index (κ2) is 7.09. The number of benzene rings is 2. The molecule has 3 aliphatic heterocycles. The van der Waals surface area contributed by atoms with Gasteiger partial charge < -0.3 is 14.8 Å². The summed E-state index contributed by atoms with van der Waals surface area (Å²) < 4.78 is 12.2. The summed E-state index contributed by atoms with van der Waals surface area (Å²) >= 11 is 0. The first-order valence-electron chi connectivity index (χ1n) is 9.92. The molecule has 150 valence electrons. The molecule has 3 aliphatic rings. The van der Waals surface area contributed by atoms with Gasteiger partial charge in [0.05, 0.1) is 12.7 Å². The van der Waals surface area contributed by atoms with Crippen molar-refractivity contribution in [3.63, 3.8) is 0 Å². The number of nitrogens with zero attached hydrogens (tertiary/aromatic N) is 2. The lowest BCUT2D eigenvalue weighted by Gasteiger charge is -2.40. The fourth-order valence-corrected chi connectivity index (χ4v) is 4.28. The molecular formula is C22H25N5O2. The number of hydrazone groups is 1. The minimum absolute atomic E-state index is 0.276. The Balaban J connectivity index is 1.59. The van der Waals surface area contributed by atoms with Gasteiger partial charge in [0.25, 0.3) is 0 Å². The van der Waals surface area contributed by atoms with E-state index in [-0.39, 0.29) is 5.60 Å². The van der Waals surface area contributed by atoms with Crippen molar-refractivity contribution >= 4 is 11.4 Å². The number of ether oxygens (including phenoxy) is 2. The van der Waals surface area contributed by atoms with Gasteiger partial charge in [0.2, 0.25) is 0 Å². The Kier molecular flexibility index (Phi) is 4.41. The Bertz CT molecular complexity index is 977. The molecule has 0 amide bonds. The van der Waals surface area contributed by atoms with Gasteiger partial charge >= 0.3 is 0 Å². The second-order valence-electron chi connectivity index (χ2n) is 7.60. The van der Waals surface area contributed by atoms with Crippen molar-refractivity contribution in [1.82, 2.24) is 21.4 Å². The summed E-state index contributed by atoms with van der Waals surface area (Å²) in [6, 6.07) is 14.5. The number of amidine groups is 1. The van der Waals surface area contributed by atoms with Crippen molar-refractivity contribution in [1.29, 1.82) is 0 Å². The zero-order chi connectivity index (χ0) is 19.8. The normalized spacial score (nSPS) is 19.7. The maximum atomic E-state index is 6.53. The van der Waals surface area contributed by atoms with Crippen molar-refractivity contribution in [2.75, 3.05) is 27.2 Å². The predicted octanol–water partition coefficient (Wildman–Crippen LogP) is 2.26. The van der Waals surface area contributed by atoms with Crippen LogP contribution in [0, 0.1) is 0 Å². The summed E-state index contributed by atoms with van der Waals surface area (Å²) in [4.78, 5) is 0. The molecule has 3 heterocycles. The van der Waals surface area contributed by atoms with Crippen LogP contribution in [-0.4, -0.2) is 43.7 Å². The van der Waals surface area contributed by atoms with Crippen molar-refractivity contribution in [3.8, 4) is 11.5 Å². The topological polar surface area (TPSA) is 70.2 Å². The van der Waals surface area contributed by atoms with Crippen LogP contribution in [0.1, 0.15) is 29.5 Å². The zero-order valence-electron chi connectivity index (χ0n) is 16.7. The van der Waals surface area contributed by atoms with E-state index in [2.05, 4.69) is 51.8 Å². The smallest absolute Gasteiger partial charge is 0.172 e. The molecule has 1 spiro atoms. The Morgan fingerprint density at radius 1 is 1.07 bits per heavy atom. The third kappa shape index (κ3) is 3.12. The van der Waals surface area contributed by atoms with Crippen LogP contribution in [0.25, 0.3) is 5.57 Å². The third-order valence-electron chi connectivity index (χ3n) is 5.80. The largest absolute Gasteiger partial charge is 0.496 e. The van der Waals surface area contributed by atoms with E-state index in [4.69, 9.17) is 9.47 Å². The molecule has 29 heavy (non-hydrogen) atoms. The number of hydrazine groups is 2. The van der Waals surface area contributed by atoms with Gasteiger partial charge in [-0.05, 0) is 42.4 Å². The van der Waals surface area contributed by atoms with Crippen molar-refractivity contribution in [2.45, 2.75) is 18.4 Å². The van der Waals surface area contributed by atoms with E-state index >= 15 is 0 Å². The molecule has 1 saturated heterocycles. The first-order valence-corrected chi connectivity index (χ1v) is 9.92. The van der Waals surface area contributed by atoms with E-state index in [0.29, 0.717) is 0 Å². The number of hydrogen-bond acceptors (Lipinski definition) is 7. The Labute approximate surface area is 170 Å². The summed E-state index contributed by atoms with van der Waals surface area (Å²) in [5.74, 6) is 2.57. The minimum Gasteiger partial charge on any atom is -0.496 e. The average Bonchev–Trinajstić information content (AvgIpc) is 3.19. The monoisotopic (exact) mass is 391 g/mol. The number of hydrogen-bond donors (Lipinski definition) is 3. The van der Waals surface area contributed by atoms with Crippen LogP contribution < -0.4 is 25.9 Å². The highest BCUT2D eigenvalue weighted by atomic mass is 16.5. The van der Waals surface area contributed by atoms with Gasteiger partial charge in [-0.2, -0.15) is 0 Å². The summed E-state index contributed by atoms with van der Waals surface area (Å²) in [5, 5.41) is 9.57. The molecule has 1 fully saturated rings. The van der Waals surface area contributed by atoms with Crippen LogP contribution >= 0.6 is 0 Å². The molecule has 0 aromatic heterocycles. The molecule has 2 aromatic carbocycles.